The number of hydrogen-bond donors (Lipinski definition) is 1. The molecule has 1 aromatic heterocycles. The van der Waals surface area contributed by atoms with Crippen LogP contribution < -0.4 is 5.32 Å². The summed E-state index contributed by atoms with van der Waals surface area (Å²) in [5.41, 5.74) is 1.08. The summed E-state index contributed by atoms with van der Waals surface area (Å²) in [5, 5.41) is 3.40. The molecule has 2 unspecified atom stereocenters. The van der Waals surface area contributed by atoms with Crippen molar-refractivity contribution in [3.05, 3.63) is 30.1 Å². The van der Waals surface area contributed by atoms with Crippen molar-refractivity contribution in [2.24, 2.45) is 0 Å². The maximum absolute atomic E-state index is 12.2. The normalized spacial score (nSPS) is 22.8. The molecule has 1 aliphatic heterocycles. The molecular formula is C15H23N3OS. The number of piperazine rings is 1. The van der Waals surface area contributed by atoms with Gasteiger partial charge in [-0.1, -0.05) is 6.07 Å². The smallest absolute Gasteiger partial charge is 0.223 e. The first kappa shape index (κ1) is 15.3. The molecule has 20 heavy (non-hydrogen) atoms. The zero-order valence-electron chi connectivity index (χ0n) is 12.2. The molecule has 2 rings (SSSR count). The third-order valence-corrected chi connectivity index (χ3v) is 4.78. The molecule has 1 amide bonds. The average Bonchev–Trinajstić information content (AvgIpc) is 2.47. The predicted molar refractivity (Wildman–Crippen MR) is 83.7 cm³/mol. The molecule has 0 aliphatic carbocycles. The van der Waals surface area contributed by atoms with Crippen LogP contribution in [0.3, 0.4) is 0 Å². The third kappa shape index (κ3) is 4.21. The molecule has 0 spiro atoms. The highest BCUT2D eigenvalue weighted by atomic mass is 32.2. The van der Waals surface area contributed by atoms with E-state index in [1.807, 2.05) is 29.3 Å². The number of nitrogens with one attached hydrogen (secondary N) is 1. The number of carbonyl (C=O) groups is 1. The standard InChI is InChI=1S/C15H23N3OS/c1-12-13(2)18(9-8-16-12)15(19)6-10-20-11-14-5-3-4-7-17-14/h3-5,7,12-13,16H,6,8-11H2,1-2H3. The number of nitrogens with zero attached hydrogens (tertiary/aromatic N) is 2. The number of rotatable bonds is 5. The van der Waals surface area contributed by atoms with Crippen LogP contribution in [0, 0.1) is 0 Å². The molecule has 0 aromatic carbocycles. The van der Waals surface area contributed by atoms with E-state index in [9.17, 15) is 4.79 Å². The van der Waals surface area contributed by atoms with Gasteiger partial charge in [0.25, 0.3) is 0 Å². The van der Waals surface area contributed by atoms with Gasteiger partial charge in [0.1, 0.15) is 0 Å². The molecule has 2 atom stereocenters. The van der Waals surface area contributed by atoms with Gasteiger partial charge < -0.3 is 10.2 Å². The van der Waals surface area contributed by atoms with Gasteiger partial charge in [-0.15, -0.1) is 0 Å². The maximum atomic E-state index is 12.2. The zero-order chi connectivity index (χ0) is 14.4. The summed E-state index contributed by atoms with van der Waals surface area (Å²) in [7, 11) is 0. The molecule has 1 aliphatic rings. The van der Waals surface area contributed by atoms with Crippen LogP contribution in [0.15, 0.2) is 24.4 Å². The van der Waals surface area contributed by atoms with Gasteiger partial charge in [-0.05, 0) is 26.0 Å². The van der Waals surface area contributed by atoms with Gasteiger partial charge in [0, 0.05) is 49.3 Å². The van der Waals surface area contributed by atoms with Crippen LogP contribution in [-0.4, -0.2) is 46.7 Å². The Morgan fingerprint density at radius 3 is 3.10 bits per heavy atom. The van der Waals surface area contributed by atoms with Gasteiger partial charge in [0.2, 0.25) is 5.91 Å². The van der Waals surface area contributed by atoms with Crippen LogP contribution in [0.1, 0.15) is 26.0 Å². The van der Waals surface area contributed by atoms with E-state index in [1.54, 1.807) is 11.8 Å². The molecule has 1 N–H and O–H groups in total. The SMILES string of the molecule is CC1NCCN(C(=O)CCSCc2ccccn2)C1C. The summed E-state index contributed by atoms with van der Waals surface area (Å²) in [6.45, 7) is 5.99. The van der Waals surface area contributed by atoms with Gasteiger partial charge >= 0.3 is 0 Å². The predicted octanol–water partition coefficient (Wildman–Crippen LogP) is 1.91. The van der Waals surface area contributed by atoms with E-state index in [1.165, 1.54) is 0 Å². The van der Waals surface area contributed by atoms with Gasteiger partial charge in [0.05, 0.1) is 5.69 Å². The second-order valence-corrected chi connectivity index (χ2v) is 6.30. The van der Waals surface area contributed by atoms with Gasteiger partial charge in [0.15, 0.2) is 0 Å². The van der Waals surface area contributed by atoms with E-state index in [2.05, 4.69) is 24.1 Å². The highest BCUT2D eigenvalue weighted by Gasteiger charge is 2.27. The average molecular weight is 293 g/mol. The minimum Gasteiger partial charge on any atom is -0.337 e. The Labute approximate surface area is 125 Å². The zero-order valence-corrected chi connectivity index (χ0v) is 13.0. The van der Waals surface area contributed by atoms with E-state index in [-0.39, 0.29) is 11.9 Å². The second-order valence-electron chi connectivity index (χ2n) is 5.19. The summed E-state index contributed by atoms with van der Waals surface area (Å²) < 4.78 is 0. The van der Waals surface area contributed by atoms with Gasteiger partial charge in [-0.3, -0.25) is 9.78 Å². The van der Waals surface area contributed by atoms with Crippen molar-refractivity contribution in [3.63, 3.8) is 0 Å². The fraction of sp³-hybridized carbons (Fsp3) is 0.600. The lowest BCUT2D eigenvalue weighted by atomic mass is 10.1. The summed E-state index contributed by atoms with van der Waals surface area (Å²) in [6.07, 6.45) is 2.43. The van der Waals surface area contributed by atoms with Gasteiger partial charge in [-0.25, -0.2) is 0 Å². The lowest BCUT2D eigenvalue weighted by Crippen LogP contribution is -2.57. The first-order chi connectivity index (χ1) is 9.68. The molecule has 2 heterocycles. The lowest BCUT2D eigenvalue weighted by Gasteiger charge is -2.38. The van der Waals surface area contributed by atoms with Crippen LogP contribution in [0.5, 0.6) is 0 Å². The first-order valence-corrected chi connectivity index (χ1v) is 8.34. The maximum Gasteiger partial charge on any atom is 0.223 e. The molecular weight excluding hydrogens is 270 g/mol. The molecule has 1 saturated heterocycles. The Morgan fingerprint density at radius 2 is 2.35 bits per heavy atom. The topological polar surface area (TPSA) is 45.2 Å². The van der Waals surface area contributed by atoms with Crippen molar-refractivity contribution in [1.29, 1.82) is 0 Å². The quantitative estimate of drug-likeness (QED) is 0.843. The van der Waals surface area contributed by atoms with Crippen LogP contribution in [0.25, 0.3) is 0 Å². The fourth-order valence-corrected chi connectivity index (χ4v) is 3.22. The van der Waals surface area contributed by atoms with E-state index in [0.29, 0.717) is 12.5 Å². The Balaban J connectivity index is 1.70. The fourth-order valence-electron chi connectivity index (χ4n) is 2.37. The van der Waals surface area contributed by atoms with E-state index in [0.717, 1.165) is 30.3 Å². The minimum absolute atomic E-state index is 0.277. The van der Waals surface area contributed by atoms with E-state index in [4.69, 9.17) is 0 Å². The molecule has 1 fully saturated rings. The third-order valence-electron chi connectivity index (χ3n) is 3.79. The monoisotopic (exact) mass is 293 g/mol. The summed E-state index contributed by atoms with van der Waals surface area (Å²) in [5.74, 6) is 2.02. The number of thioether (sulfide) groups is 1. The molecule has 110 valence electrons. The first-order valence-electron chi connectivity index (χ1n) is 7.19. The number of aromatic nitrogens is 1. The Morgan fingerprint density at radius 1 is 1.50 bits per heavy atom. The Kier molecular flexibility index (Phi) is 5.86. The van der Waals surface area contributed by atoms with Crippen molar-refractivity contribution in [1.82, 2.24) is 15.2 Å². The lowest BCUT2D eigenvalue weighted by molar-refractivity contribution is -0.134. The van der Waals surface area contributed by atoms with Crippen molar-refractivity contribution < 1.29 is 4.79 Å². The highest BCUT2D eigenvalue weighted by molar-refractivity contribution is 7.98. The number of carbonyl (C=O) groups excluding carboxylic acids is 1. The Hall–Kier alpha value is -1.07. The summed E-state index contributed by atoms with van der Waals surface area (Å²) >= 11 is 1.78. The van der Waals surface area contributed by atoms with Crippen molar-refractivity contribution in [2.45, 2.75) is 38.1 Å². The summed E-state index contributed by atoms with van der Waals surface area (Å²) in [4.78, 5) is 18.5. The molecule has 5 heteroatoms. The molecule has 1 aromatic rings. The Bertz CT molecular complexity index is 426. The number of pyridine rings is 1. The second kappa shape index (κ2) is 7.64. The largest absolute Gasteiger partial charge is 0.337 e. The van der Waals surface area contributed by atoms with Crippen molar-refractivity contribution >= 4 is 17.7 Å². The molecule has 0 bridgehead atoms. The highest BCUT2D eigenvalue weighted by Crippen LogP contribution is 2.14. The van der Waals surface area contributed by atoms with Crippen LogP contribution >= 0.6 is 11.8 Å². The number of amides is 1. The molecule has 0 saturated carbocycles. The van der Waals surface area contributed by atoms with E-state index < -0.39 is 0 Å². The van der Waals surface area contributed by atoms with Crippen LogP contribution in [-0.2, 0) is 10.5 Å². The van der Waals surface area contributed by atoms with Crippen molar-refractivity contribution in [2.75, 3.05) is 18.8 Å². The van der Waals surface area contributed by atoms with Gasteiger partial charge in [-0.2, -0.15) is 11.8 Å². The minimum atomic E-state index is 0.277. The molecule has 4 nitrogen and oxygen atoms in total. The van der Waals surface area contributed by atoms with Crippen LogP contribution in [0.2, 0.25) is 0 Å². The van der Waals surface area contributed by atoms with E-state index >= 15 is 0 Å². The number of hydrogen-bond acceptors (Lipinski definition) is 4. The van der Waals surface area contributed by atoms with Crippen molar-refractivity contribution in [3.8, 4) is 0 Å². The summed E-state index contributed by atoms with van der Waals surface area (Å²) in [6, 6.07) is 6.61. The molecule has 0 radical (unpaired) electrons. The van der Waals surface area contributed by atoms with Crippen LogP contribution in [0.4, 0.5) is 0 Å².